The summed E-state index contributed by atoms with van der Waals surface area (Å²) in [5.41, 5.74) is 5.57. The fourth-order valence-electron chi connectivity index (χ4n) is 2.01. The van der Waals surface area contributed by atoms with Crippen molar-refractivity contribution in [3.05, 3.63) is 0 Å². The number of ketones is 1. The highest BCUT2D eigenvalue weighted by Gasteiger charge is 2.33. The summed E-state index contributed by atoms with van der Waals surface area (Å²) >= 11 is 0. The molecule has 0 saturated heterocycles. The SMILES string of the molecule is CC#CCCC(=O)C1(N)CCCCC1. The Morgan fingerprint density at radius 2 is 2.00 bits per heavy atom. The molecule has 1 rings (SSSR count). The lowest BCUT2D eigenvalue weighted by molar-refractivity contribution is -0.125. The van der Waals surface area contributed by atoms with Crippen molar-refractivity contribution in [2.75, 3.05) is 0 Å². The van der Waals surface area contributed by atoms with E-state index in [0.29, 0.717) is 12.8 Å². The molecule has 0 aromatic heterocycles. The Kier molecular flexibility index (Phi) is 4.16. The zero-order valence-electron chi connectivity index (χ0n) is 8.94. The van der Waals surface area contributed by atoms with Crippen LogP contribution in [0.3, 0.4) is 0 Å². The number of carbonyl (C=O) groups is 1. The fraction of sp³-hybridized carbons (Fsp3) is 0.750. The van der Waals surface area contributed by atoms with Crippen molar-refractivity contribution in [1.29, 1.82) is 0 Å². The third-order valence-corrected chi connectivity index (χ3v) is 2.95. The molecule has 0 bridgehead atoms. The molecular weight excluding hydrogens is 174 g/mol. The highest BCUT2D eigenvalue weighted by atomic mass is 16.1. The average Bonchev–Trinajstić information content (AvgIpc) is 2.19. The van der Waals surface area contributed by atoms with Crippen LogP contribution in [0.25, 0.3) is 0 Å². The molecule has 2 nitrogen and oxygen atoms in total. The number of carbonyl (C=O) groups excluding carboxylic acids is 1. The molecule has 0 amide bonds. The molecule has 1 saturated carbocycles. The lowest BCUT2D eigenvalue weighted by Gasteiger charge is -2.31. The summed E-state index contributed by atoms with van der Waals surface area (Å²) in [5, 5.41) is 0. The lowest BCUT2D eigenvalue weighted by atomic mass is 9.78. The van der Waals surface area contributed by atoms with E-state index in [4.69, 9.17) is 5.73 Å². The molecular formula is C12H19NO. The van der Waals surface area contributed by atoms with Gasteiger partial charge in [0.05, 0.1) is 5.54 Å². The first kappa shape index (κ1) is 11.3. The molecule has 2 heteroatoms. The normalized spacial score (nSPS) is 19.6. The van der Waals surface area contributed by atoms with E-state index in [9.17, 15) is 4.79 Å². The van der Waals surface area contributed by atoms with Gasteiger partial charge in [0.2, 0.25) is 0 Å². The molecule has 0 heterocycles. The highest BCUT2D eigenvalue weighted by molar-refractivity contribution is 5.88. The number of nitrogens with two attached hydrogens (primary N) is 1. The molecule has 1 aliphatic rings. The molecule has 0 aromatic rings. The van der Waals surface area contributed by atoms with E-state index in [2.05, 4.69) is 11.8 Å². The second kappa shape index (κ2) is 5.17. The molecule has 14 heavy (non-hydrogen) atoms. The third-order valence-electron chi connectivity index (χ3n) is 2.95. The zero-order chi connectivity index (χ0) is 10.4. The molecule has 0 atom stereocenters. The van der Waals surface area contributed by atoms with Gasteiger partial charge in [0.25, 0.3) is 0 Å². The van der Waals surface area contributed by atoms with Crippen LogP contribution >= 0.6 is 0 Å². The summed E-state index contributed by atoms with van der Waals surface area (Å²) in [5.74, 6) is 5.91. The van der Waals surface area contributed by atoms with E-state index in [0.717, 1.165) is 25.7 Å². The van der Waals surface area contributed by atoms with Gasteiger partial charge in [-0.3, -0.25) is 4.79 Å². The second-order valence-corrected chi connectivity index (χ2v) is 4.07. The van der Waals surface area contributed by atoms with Crippen LogP contribution in [0.5, 0.6) is 0 Å². The van der Waals surface area contributed by atoms with Crippen molar-refractivity contribution in [1.82, 2.24) is 0 Å². The van der Waals surface area contributed by atoms with Crippen molar-refractivity contribution in [3.8, 4) is 11.8 Å². The van der Waals surface area contributed by atoms with Gasteiger partial charge in [-0.25, -0.2) is 0 Å². The van der Waals surface area contributed by atoms with Gasteiger partial charge in [-0.1, -0.05) is 19.3 Å². The summed E-state index contributed by atoms with van der Waals surface area (Å²) in [6, 6.07) is 0. The molecule has 1 aliphatic carbocycles. The van der Waals surface area contributed by atoms with Crippen molar-refractivity contribution >= 4 is 5.78 Å². The van der Waals surface area contributed by atoms with Gasteiger partial charge in [-0.15, -0.1) is 11.8 Å². The standard InChI is InChI=1S/C12H19NO/c1-2-3-5-8-11(14)12(13)9-6-4-7-10-12/h4-10,13H2,1H3. The number of hydrogen-bond acceptors (Lipinski definition) is 2. The van der Waals surface area contributed by atoms with Gasteiger partial charge in [0.15, 0.2) is 5.78 Å². The maximum absolute atomic E-state index is 11.8. The molecule has 2 N–H and O–H groups in total. The van der Waals surface area contributed by atoms with Crippen LogP contribution in [0.4, 0.5) is 0 Å². The Hall–Kier alpha value is -0.810. The van der Waals surface area contributed by atoms with E-state index < -0.39 is 5.54 Å². The Labute approximate surface area is 86.2 Å². The van der Waals surface area contributed by atoms with E-state index in [1.165, 1.54) is 6.42 Å². The minimum atomic E-state index is -0.520. The molecule has 0 radical (unpaired) electrons. The number of Topliss-reactive ketones (excluding diaryl/α,β-unsaturated/α-hetero) is 1. The summed E-state index contributed by atoms with van der Waals surface area (Å²) in [4.78, 5) is 11.8. The van der Waals surface area contributed by atoms with Crippen molar-refractivity contribution in [2.24, 2.45) is 5.73 Å². The largest absolute Gasteiger partial charge is 0.319 e. The van der Waals surface area contributed by atoms with E-state index >= 15 is 0 Å². The Bertz CT molecular complexity index is 253. The minimum absolute atomic E-state index is 0.208. The summed E-state index contributed by atoms with van der Waals surface area (Å²) in [6.07, 6.45) is 6.34. The first-order valence-electron chi connectivity index (χ1n) is 5.41. The molecule has 0 aliphatic heterocycles. The molecule has 1 fully saturated rings. The van der Waals surface area contributed by atoms with Crippen LogP contribution in [0.15, 0.2) is 0 Å². The van der Waals surface area contributed by atoms with E-state index in [1.807, 2.05) is 0 Å². The van der Waals surface area contributed by atoms with Crippen molar-refractivity contribution in [2.45, 2.75) is 57.4 Å². The number of hydrogen-bond donors (Lipinski definition) is 1. The van der Waals surface area contributed by atoms with Gasteiger partial charge in [-0.2, -0.15) is 0 Å². The van der Waals surface area contributed by atoms with Crippen LogP contribution in [0.2, 0.25) is 0 Å². The molecule has 0 spiro atoms. The Morgan fingerprint density at radius 1 is 1.36 bits per heavy atom. The number of rotatable bonds is 3. The van der Waals surface area contributed by atoms with Gasteiger partial charge in [0.1, 0.15) is 0 Å². The minimum Gasteiger partial charge on any atom is -0.319 e. The Morgan fingerprint density at radius 3 is 2.57 bits per heavy atom. The zero-order valence-corrected chi connectivity index (χ0v) is 8.94. The van der Waals surface area contributed by atoms with Crippen LogP contribution in [0, 0.1) is 11.8 Å². The first-order chi connectivity index (χ1) is 6.69. The lowest BCUT2D eigenvalue weighted by Crippen LogP contribution is -2.49. The predicted molar refractivity (Wildman–Crippen MR) is 57.7 cm³/mol. The topological polar surface area (TPSA) is 43.1 Å². The van der Waals surface area contributed by atoms with Gasteiger partial charge < -0.3 is 5.73 Å². The van der Waals surface area contributed by atoms with Crippen molar-refractivity contribution < 1.29 is 4.79 Å². The predicted octanol–water partition coefficient (Wildman–Crippen LogP) is 2.02. The second-order valence-electron chi connectivity index (χ2n) is 4.07. The molecule has 78 valence electrons. The summed E-state index contributed by atoms with van der Waals surface area (Å²) in [6.45, 7) is 1.79. The maximum Gasteiger partial charge on any atom is 0.153 e. The molecule has 0 aromatic carbocycles. The fourth-order valence-corrected chi connectivity index (χ4v) is 2.01. The summed E-state index contributed by atoms with van der Waals surface area (Å²) in [7, 11) is 0. The van der Waals surface area contributed by atoms with Gasteiger partial charge in [-0.05, 0) is 19.8 Å². The quantitative estimate of drug-likeness (QED) is 0.697. The summed E-state index contributed by atoms with van der Waals surface area (Å²) < 4.78 is 0. The Balaban J connectivity index is 2.43. The smallest absolute Gasteiger partial charge is 0.153 e. The average molecular weight is 193 g/mol. The van der Waals surface area contributed by atoms with E-state index in [1.54, 1.807) is 6.92 Å². The van der Waals surface area contributed by atoms with Crippen LogP contribution in [0.1, 0.15) is 51.9 Å². The van der Waals surface area contributed by atoms with Crippen LogP contribution in [-0.4, -0.2) is 11.3 Å². The van der Waals surface area contributed by atoms with Crippen LogP contribution in [-0.2, 0) is 4.79 Å². The molecule has 0 unspecified atom stereocenters. The van der Waals surface area contributed by atoms with Gasteiger partial charge >= 0.3 is 0 Å². The monoisotopic (exact) mass is 193 g/mol. The van der Waals surface area contributed by atoms with Gasteiger partial charge in [0, 0.05) is 12.8 Å². The third kappa shape index (κ3) is 2.85. The maximum atomic E-state index is 11.8. The van der Waals surface area contributed by atoms with Crippen molar-refractivity contribution in [3.63, 3.8) is 0 Å². The van der Waals surface area contributed by atoms with Crippen LogP contribution < -0.4 is 5.73 Å². The highest BCUT2D eigenvalue weighted by Crippen LogP contribution is 2.27. The van der Waals surface area contributed by atoms with E-state index in [-0.39, 0.29) is 5.78 Å². The first-order valence-corrected chi connectivity index (χ1v) is 5.41.